The van der Waals surface area contributed by atoms with Gasteiger partial charge in [0.1, 0.15) is 5.82 Å². The fraction of sp³-hybridized carbons (Fsp3) is 0.688. The van der Waals surface area contributed by atoms with Gasteiger partial charge in [0.15, 0.2) is 0 Å². The highest BCUT2D eigenvalue weighted by Crippen LogP contribution is 2.21. The lowest BCUT2D eigenvalue weighted by molar-refractivity contribution is -0.128. The molecule has 1 saturated heterocycles. The van der Waals surface area contributed by atoms with E-state index in [2.05, 4.69) is 24.3 Å². The van der Waals surface area contributed by atoms with Crippen LogP contribution >= 0.6 is 0 Å². The zero-order chi connectivity index (χ0) is 16.1. The van der Waals surface area contributed by atoms with Crippen molar-refractivity contribution in [3.05, 3.63) is 11.3 Å². The number of anilines is 1. The lowest BCUT2D eigenvalue weighted by Crippen LogP contribution is -2.26. The summed E-state index contributed by atoms with van der Waals surface area (Å²) >= 11 is 0. The predicted molar refractivity (Wildman–Crippen MR) is 85.6 cm³/mol. The van der Waals surface area contributed by atoms with Crippen LogP contribution in [0.4, 0.5) is 5.82 Å². The van der Waals surface area contributed by atoms with Crippen LogP contribution in [0.1, 0.15) is 50.8 Å². The number of carbonyl (C=O) groups is 2. The second-order valence-corrected chi connectivity index (χ2v) is 5.74. The monoisotopic (exact) mass is 306 g/mol. The summed E-state index contributed by atoms with van der Waals surface area (Å²) < 4.78 is 1.75. The maximum Gasteiger partial charge on any atom is 0.225 e. The number of aromatic nitrogens is 2. The molecule has 2 heterocycles. The number of likely N-dealkylation sites (tertiary alicyclic amines) is 1. The van der Waals surface area contributed by atoms with Crippen LogP contribution < -0.4 is 5.32 Å². The molecule has 0 aromatic carbocycles. The molecule has 1 aliphatic rings. The van der Waals surface area contributed by atoms with Gasteiger partial charge in [0.05, 0.1) is 5.69 Å². The molecule has 0 atom stereocenters. The number of hydrogen-bond acceptors (Lipinski definition) is 3. The maximum atomic E-state index is 12.1. The van der Waals surface area contributed by atoms with Crippen molar-refractivity contribution < 1.29 is 9.59 Å². The average molecular weight is 306 g/mol. The lowest BCUT2D eigenvalue weighted by Gasteiger charge is -2.15. The van der Waals surface area contributed by atoms with Gasteiger partial charge in [-0.1, -0.05) is 13.8 Å². The first-order valence-electron chi connectivity index (χ1n) is 8.19. The summed E-state index contributed by atoms with van der Waals surface area (Å²) in [7, 11) is 1.86. The molecule has 0 radical (unpaired) electrons. The summed E-state index contributed by atoms with van der Waals surface area (Å²) in [5.74, 6) is 1.02. The minimum atomic E-state index is -0.00741. The fourth-order valence-corrected chi connectivity index (χ4v) is 3.00. The van der Waals surface area contributed by atoms with Gasteiger partial charge in [-0.15, -0.1) is 0 Å². The average Bonchev–Trinajstić information content (AvgIpc) is 3.03. The van der Waals surface area contributed by atoms with E-state index in [1.807, 2.05) is 11.9 Å². The van der Waals surface area contributed by atoms with Gasteiger partial charge in [-0.2, -0.15) is 5.10 Å². The van der Waals surface area contributed by atoms with Crippen LogP contribution in [-0.4, -0.2) is 39.6 Å². The molecule has 122 valence electrons. The minimum absolute atomic E-state index is 0.00741. The van der Waals surface area contributed by atoms with Crippen LogP contribution in [0.3, 0.4) is 0 Å². The van der Waals surface area contributed by atoms with E-state index >= 15 is 0 Å². The third kappa shape index (κ3) is 3.67. The minimum Gasteiger partial charge on any atom is -0.343 e. The Balaban J connectivity index is 1.86. The van der Waals surface area contributed by atoms with Crippen LogP contribution in [0.25, 0.3) is 0 Å². The van der Waals surface area contributed by atoms with Gasteiger partial charge in [0.25, 0.3) is 0 Å². The van der Waals surface area contributed by atoms with Crippen molar-refractivity contribution in [2.24, 2.45) is 7.05 Å². The number of rotatable bonds is 7. The molecule has 1 fully saturated rings. The molecule has 1 aromatic heterocycles. The van der Waals surface area contributed by atoms with Crippen molar-refractivity contribution in [1.29, 1.82) is 0 Å². The normalized spacial score (nSPS) is 14.7. The predicted octanol–water partition coefficient (Wildman–Crippen LogP) is 1.89. The molecule has 0 saturated carbocycles. The molecule has 6 heteroatoms. The van der Waals surface area contributed by atoms with E-state index in [-0.39, 0.29) is 11.8 Å². The number of nitrogens with zero attached hydrogens (tertiary/aromatic N) is 3. The highest BCUT2D eigenvalue weighted by molar-refractivity contribution is 5.90. The Bertz CT molecular complexity index is 551. The quantitative estimate of drug-likeness (QED) is 0.836. The highest BCUT2D eigenvalue weighted by Gasteiger charge is 2.20. The first-order valence-corrected chi connectivity index (χ1v) is 8.19. The van der Waals surface area contributed by atoms with Gasteiger partial charge in [-0.25, -0.2) is 0 Å². The van der Waals surface area contributed by atoms with Crippen molar-refractivity contribution in [3.63, 3.8) is 0 Å². The molecule has 2 rings (SSSR count). The van der Waals surface area contributed by atoms with Gasteiger partial charge in [0.2, 0.25) is 11.8 Å². The molecular weight excluding hydrogens is 280 g/mol. The van der Waals surface area contributed by atoms with E-state index in [4.69, 9.17) is 0 Å². The van der Waals surface area contributed by atoms with E-state index in [9.17, 15) is 9.59 Å². The Kier molecular flexibility index (Phi) is 5.57. The smallest absolute Gasteiger partial charge is 0.225 e. The molecule has 22 heavy (non-hydrogen) atoms. The topological polar surface area (TPSA) is 67.2 Å². The van der Waals surface area contributed by atoms with Crippen molar-refractivity contribution in [2.75, 3.05) is 18.4 Å². The molecule has 1 N–H and O–H groups in total. The summed E-state index contributed by atoms with van der Waals surface area (Å²) in [4.78, 5) is 25.5. The number of aryl methyl sites for hydroxylation is 2. The Labute approximate surface area is 131 Å². The largest absolute Gasteiger partial charge is 0.343 e. The van der Waals surface area contributed by atoms with Crippen molar-refractivity contribution >= 4 is 17.6 Å². The van der Waals surface area contributed by atoms with Crippen LogP contribution in [0.5, 0.6) is 0 Å². The third-order valence-corrected chi connectivity index (χ3v) is 4.18. The van der Waals surface area contributed by atoms with E-state index in [0.717, 1.165) is 42.9 Å². The van der Waals surface area contributed by atoms with Gasteiger partial charge < -0.3 is 10.2 Å². The van der Waals surface area contributed by atoms with Crippen molar-refractivity contribution in [2.45, 2.75) is 52.4 Å². The Morgan fingerprint density at radius 1 is 1.32 bits per heavy atom. The summed E-state index contributed by atoms with van der Waals surface area (Å²) in [6.07, 6.45) is 4.45. The van der Waals surface area contributed by atoms with Gasteiger partial charge in [0, 0.05) is 38.5 Å². The number of hydrogen-bond donors (Lipinski definition) is 1. The summed E-state index contributed by atoms with van der Waals surface area (Å²) in [6.45, 7) is 5.66. The third-order valence-electron chi connectivity index (χ3n) is 4.18. The zero-order valence-electron chi connectivity index (χ0n) is 13.8. The summed E-state index contributed by atoms with van der Waals surface area (Å²) in [5, 5.41) is 7.43. The van der Waals surface area contributed by atoms with Crippen LogP contribution in [0.2, 0.25) is 0 Å². The Hall–Kier alpha value is -1.85. The van der Waals surface area contributed by atoms with Gasteiger partial charge in [-0.05, 0) is 25.7 Å². The van der Waals surface area contributed by atoms with Crippen LogP contribution in [0.15, 0.2) is 0 Å². The summed E-state index contributed by atoms with van der Waals surface area (Å²) in [5.41, 5.74) is 2.16. The molecule has 0 aliphatic carbocycles. The van der Waals surface area contributed by atoms with Crippen molar-refractivity contribution in [1.82, 2.24) is 14.7 Å². The fourth-order valence-electron chi connectivity index (χ4n) is 3.00. The second-order valence-electron chi connectivity index (χ2n) is 5.74. The zero-order valence-corrected chi connectivity index (χ0v) is 13.8. The molecule has 1 aromatic rings. The van der Waals surface area contributed by atoms with Crippen LogP contribution in [-0.2, 0) is 29.5 Å². The lowest BCUT2D eigenvalue weighted by atomic mass is 10.1. The van der Waals surface area contributed by atoms with Crippen LogP contribution in [0, 0.1) is 0 Å². The standard InChI is InChI=1S/C16H26N4O2/c1-4-12-13(5-2)18-19(3)16(12)17-14(21)8-6-10-20-11-7-9-15(20)22/h4-11H2,1-3H3,(H,17,21). The molecule has 0 unspecified atom stereocenters. The number of amides is 2. The van der Waals surface area contributed by atoms with E-state index in [1.54, 1.807) is 4.68 Å². The SMILES string of the molecule is CCc1nn(C)c(NC(=O)CCCN2CCCC2=O)c1CC. The number of nitrogens with one attached hydrogen (secondary N) is 1. The van der Waals surface area contributed by atoms with E-state index in [1.165, 1.54) is 0 Å². The van der Waals surface area contributed by atoms with Crippen molar-refractivity contribution in [3.8, 4) is 0 Å². The molecule has 6 nitrogen and oxygen atoms in total. The second kappa shape index (κ2) is 7.42. The maximum absolute atomic E-state index is 12.1. The molecule has 2 amide bonds. The summed E-state index contributed by atoms with van der Waals surface area (Å²) in [6, 6.07) is 0. The Morgan fingerprint density at radius 3 is 2.68 bits per heavy atom. The molecule has 0 spiro atoms. The highest BCUT2D eigenvalue weighted by atomic mass is 16.2. The molecule has 0 bridgehead atoms. The molecule has 1 aliphatic heterocycles. The first kappa shape index (κ1) is 16.5. The number of carbonyl (C=O) groups excluding carboxylic acids is 2. The van der Waals surface area contributed by atoms with E-state index in [0.29, 0.717) is 25.8 Å². The van der Waals surface area contributed by atoms with Gasteiger partial charge in [-0.3, -0.25) is 14.3 Å². The first-order chi connectivity index (χ1) is 10.6. The Morgan fingerprint density at radius 2 is 2.09 bits per heavy atom. The van der Waals surface area contributed by atoms with Gasteiger partial charge >= 0.3 is 0 Å². The van der Waals surface area contributed by atoms with E-state index < -0.39 is 0 Å². The molecular formula is C16H26N4O2.